The minimum absolute atomic E-state index is 0.0653. The number of esters is 3. The van der Waals surface area contributed by atoms with Crippen molar-refractivity contribution in [2.24, 2.45) is 17.8 Å². The zero-order chi connectivity index (χ0) is 42.7. The number of unbranched alkanes of at least 4 members (excludes halogenated alkanes) is 27. The molecular weight excluding hydrogens is 721 g/mol. The Morgan fingerprint density at radius 3 is 0.897 bits per heavy atom. The summed E-state index contributed by atoms with van der Waals surface area (Å²) in [6.07, 6.45) is 42.3. The molecule has 0 heterocycles. The maximum atomic E-state index is 12.8. The van der Waals surface area contributed by atoms with Gasteiger partial charge in [0, 0.05) is 19.3 Å². The molecule has 0 saturated carbocycles. The molecule has 0 aromatic rings. The van der Waals surface area contributed by atoms with Gasteiger partial charge in [-0.2, -0.15) is 0 Å². The van der Waals surface area contributed by atoms with Crippen LogP contribution in [0.4, 0.5) is 0 Å². The molecule has 0 amide bonds. The van der Waals surface area contributed by atoms with Gasteiger partial charge in [0.2, 0.25) is 0 Å². The Labute approximate surface area is 361 Å². The minimum Gasteiger partial charge on any atom is -0.462 e. The van der Waals surface area contributed by atoms with E-state index in [0.29, 0.717) is 19.3 Å². The summed E-state index contributed by atoms with van der Waals surface area (Å²) in [7, 11) is 0. The van der Waals surface area contributed by atoms with Crippen LogP contribution in [0.2, 0.25) is 0 Å². The molecule has 6 heteroatoms. The van der Waals surface area contributed by atoms with Gasteiger partial charge < -0.3 is 14.2 Å². The SMILES string of the molecule is CCC(C)CCCCCCCCCCCCC(=O)OC[C@@H](COC(=O)CCCCCCCCCC(C)C)OC(=O)CCCCCCCCCCCCCCCC(C)C. The van der Waals surface area contributed by atoms with Gasteiger partial charge in [-0.05, 0) is 37.0 Å². The highest BCUT2D eigenvalue weighted by atomic mass is 16.6. The topological polar surface area (TPSA) is 78.9 Å². The maximum Gasteiger partial charge on any atom is 0.306 e. The van der Waals surface area contributed by atoms with Crippen LogP contribution in [0.15, 0.2) is 0 Å². The van der Waals surface area contributed by atoms with E-state index in [1.54, 1.807) is 0 Å². The molecule has 0 aromatic heterocycles. The minimum atomic E-state index is -0.763. The molecular formula is C52H100O6. The lowest BCUT2D eigenvalue weighted by Gasteiger charge is -2.18. The average molecular weight is 821 g/mol. The first kappa shape index (κ1) is 56.4. The molecule has 0 aliphatic heterocycles. The fraction of sp³-hybridized carbons (Fsp3) is 0.942. The molecule has 0 rings (SSSR count). The maximum absolute atomic E-state index is 12.8. The highest BCUT2D eigenvalue weighted by Gasteiger charge is 2.19. The molecule has 0 aromatic carbocycles. The summed E-state index contributed by atoms with van der Waals surface area (Å²) in [4.78, 5) is 37.9. The largest absolute Gasteiger partial charge is 0.462 e. The molecule has 0 aliphatic carbocycles. The monoisotopic (exact) mass is 821 g/mol. The summed E-state index contributed by atoms with van der Waals surface area (Å²) in [5, 5.41) is 0. The van der Waals surface area contributed by atoms with Gasteiger partial charge in [-0.25, -0.2) is 0 Å². The second-order valence-electron chi connectivity index (χ2n) is 19.0. The van der Waals surface area contributed by atoms with Crippen molar-refractivity contribution in [1.29, 1.82) is 0 Å². The molecule has 0 N–H and O–H groups in total. The van der Waals surface area contributed by atoms with Gasteiger partial charge in [-0.3, -0.25) is 14.4 Å². The summed E-state index contributed by atoms with van der Waals surface area (Å²) in [6, 6.07) is 0. The molecule has 0 spiro atoms. The predicted octanol–water partition coefficient (Wildman–Crippen LogP) is 16.4. The second kappa shape index (κ2) is 43.5. The number of carbonyl (C=O) groups is 3. The number of carbonyl (C=O) groups excluding carboxylic acids is 3. The Kier molecular flexibility index (Phi) is 42.3. The van der Waals surface area contributed by atoms with Gasteiger partial charge in [0.05, 0.1) is 0 Å². The van der Waals surface area contributed by atoms with Crippen LogP contribution in [0.25, 0.3) is 0 Å². The Morgan fingerprint density at radius 2 is 0.603 bits per heavy atom. The summed E-state index contributed by atoms with van der Waals surface area (Å²) < 4.78 is 16.8. The van der Waals surface area contributed by atoms with E-state index < -0.39 is 6.10 Å². The van der Waals surface area contributed by atoms with Gasteiger partial charge in [0.1, 0.15) is 13.2 Å². The molecule has 344 valence electrons. The van der Waals surface area contributed by atoms with Gasteiger partial charge in [0.25, 0.3) is 0 Å². The molecule has 1 unspecified atom stereocenters. The molecule has 0 radical (unpaired) electrons. The quantitative estimate of drug-likeness (QED) is 0.0346. The van der Waals surface area contributed by atoms with Gasteiger partial charge in [-0.1, -0.05) is 241 Å². The van der Waals surface area contributed by atoms with E-state index in [2.05, 4.69) is 41.5 Å². The van der Waals surface area contributed by atoms with Crippen molar-refractivity contribution >= 4 is 17.9 Å². The van der Waals surface area contributed by atoms with Crippen LogP contribution in [-0.2, 0) is 28.6 Å². The fourth-order valence-electron chi connectivity index (χ4n) is 7.73. The van der Waals surface area contributed by atoms with Crippen LogP contribution in [0, 0.1) is 17.8 Å². The summed E-state index contributed by atoms with van der Waals surface area (Å²) in [5.74, 6) is 1.63. The van der Waals surface area contributed by atoms with Crippen LogP contribution in [-0.4, -0.2) is 37.2 Å². The van der Waals surface area contributed by atoms with Gasteiger partial charge >= 0.3 is 17.9 Å². The summed E-state index contributed by atoms with van der Waals surface area (Å²) >= 11 is 0. The van der Waals surface area contributed by atoms with Crippen LogP contribution in [0.1, 0.15) is 279 Å². The molecule has 6 nitrogen and oxygen atoms in total. The summed E-state index contributed by atoms with van der Waals surface area (Å²) in [5.41, 5.74) is 0. The molecule has 2 atom stereocenters. The van der Waals surface area contributed by atoms with E-state index >= 15 is 0 Å². The van der Waals surface area contributed by atoms with Crippen molar-refractivity contribution in [3.63, 3.8) is 0 Å². The van der Waals surface area contributed by atoms with Crippen LogP contribution in [0.5, 0.6) is 0 Å². The Bertz CT molecular complexity index is 900. The molecule has 0 bridgehead atoms. The van der Waals surface area contributed by atoms with Crippen molar-refractivity contribution in [2.75, 3.05) is 13.2 Å². The molecule has 58 heavy (non-hydrogen) atoms. The predicted molar refractivity (Wildman–Crippen MR) is 247 cm³/mol. The Hall–Kier alpha value is -1.59. The molecule has 0 saturated heterocycles. The zero-order valence-electron chi connectivity index (χ0n) is 39.8. The first-order valence-corrected chi connectivity index (χ1v) is 25.6. The summed E-state index contributed by atoms with van der Waals surface area (Å²) in [6.45, 7) is 13.7. The lowest BCUT2D eigenvalue weighted by Crippen LogP contribution is -2.30. The average Bonchev–Trinajstić information content (AvgIpc) is 3.19. The second-order valence-corrected chi connectivity index (χ2v) is 19.0. The van der Waals surface area contributed by atoms with Gasteiger partial charge in [-0.15, -0.1) is 0 Å². The first-order chi connectivity index (χ1) is 28.1. The van der Waals surface area contributed by atoms with E-state index in [1.165, 1.54) is 161 Å². The third kappa shape index (κ3) is 44.0. The fourth-order valence-corrected chi connectivity index (χ4v) is 7.73. The Balaban J connectivity index is 4.31. The normalized spacial score (nSPS) is 12.6. The van der Waals surface area contributed by atoms with E-state index in [-0.39, 0.29) is 31.1 Å². The van der Waals surface area contributed by atoms with Crippen LogP contribution < -0.4 is 0 Å². The third-order valence-electron chi connectivity index (χ3n) is 12.0. The van der Waals surface area contributed by atoms with Crippen molar-refractivity contribution < 1.29 is 28.6 Å². The lowest BCUT2D eigenvalue weighted by atomic mass is 9.99. The lowest BCUT2D eigenvalue weighted by molar-refractivity contribution is -0.167. The van der Waals surface area contributed by atoms with Crippen LogP contribution in [0.3, 0.4) is 0 Å². The third-order valence-corrected chi connectivity index (χ3v) is 12.0. The first-order valence-electron chi connectivity index (χ1n) is 25.6. The van der Waals surface area contributed by atoms with E-state index in [1.807, 2.05) is 0 Å². The van der Waals surface area contributed by atoms with Gasteiger partial charge in [0.15, 0.2) is 6.10 Å². The van der Waals surface area contributed by atoms with Crippen molar-refractivity contribution in [3.05, 3.63) is 0 Å². The smallest absolute Gasteiger partial charge is 0.306 e. The number of rotatable bonds is 45. The molecule has 0 aliphatic rings. The number of ether oxygens (including phenoxy) is 3. The number of hydrogen-bond acceptors (Lipinski definition) is 6. The number of hydrogen-bond donors (Lipinski definition) is 0. The van der Waals surface area contributed by atoms with Crippen molar-refractivity contribution in [3.8, 4) is 0 Å². The van der Waals surface area contributed by atoms with E-state index in [4.69, 9.17) is 14.2 Å². The zero-order valence-corrected chi connectivity index (χ0v) is 39.8. The van der Waals surface area contributed by atoms with Crippen molar-refractivity contribution in [1.82, 2.24) is 0 Å². The standard InChI is InChI=1S/C52H100O6/c1-7-48(6)40-34-28-22-16-13-14-17-23-29-35-41-50(53)56-44-49(45-57-51(54)42-36-30-25-19-21-27-33-39-47(4)5)58-52(55)43-37-31-24-18-12-10-8-9-11-15-20-26-32-38-46(2)3/h46-49H,7-45H2,1-6H3/t48?,49-/m0/s1. The van der Waals surface area contributed by atoms with E-state index in [0.717, 1.165) is 75.5 Å². The molecule has 0 fully saturated rings. The highest BCUT2D eigenvalue weighted by Crippen LogP contribution is 2.18. The van der Waals surface area contributed by atoms with Crippen molar-refractivity contribution in [2.45, 2.75) is 285 Å². The van der Waals surface area contributed by atoms with Crippen LogP contribution >= 0.6 is 0 Å². The Morgan fingerprint density at radius 1 is 0.345 bits per heavy atom. The van der Waals surface area contributed by atoms with E-state index in [9.17, 15) is 14.4 Å². The highest BCUT2D eigenvalue weighted by molar-refractivity contribution is 5.71.